The van der Waals surface area contributed by atoms with Gasteiger partial charge in [-0.3, -0.25) is 9.59 Å². The average Bonchev–Trinajstić information content (AvgIpc) is 2.36. The highest BCUT2D eigenvalue weighted by Crippen LogP contribution is 2.06. The topological polar surface area (TPSA) is 46.2 Å². The molecule has 0 saturated carbocycles. The maximum atomic E-state index is 11.8. The lowest BCUT2D eigenvalue weighted by Crippen LogP contribution is -2.39. The van der Waals surface area contributed by atoms with E-state index in [0.717, 1.165) is 11.7 Å². The number of hydrogen-bond donors (Lipinski definition) is 1. The summed E-state index contributed by atoms with van der Waals surface area (Å²) in [5.41, 5.74) is 0.727. The minimum atomic E-state index is -1.23. The van der Waals surface area contributed by atoms with Crippen molar-refractivity contribution in [2.24, 2.45) is 0 Å². The predicted octanol–water partition coefficient (Wildman–Crippen LogP) is 3.03. The maximum Gasteiger partial charge on any atom is 0.219 e. The first-order chi connectivity index (χ1) is 8.88. The summed E-state index contributed by atoms with van der Waals surface area (Å²) in [6.07, 6.45) is 2.29. The Morgan fingerprint density at radius 1 is 1.05 bits per heavy atom. The maximum absolute atomic E-state index is 11.8. The van der Waals surface area contributed by atoms with Gasteiger partial charge in [-0.2, -0.15) is 0 Å². The van der Waals surface area contributed by atoms with Gasteiger partial charge < -0.3 is 5.32 Å². The van der Waals surface area contributed by atoms with Gasteiger partial charge in [0.15, 0.2) is 5.78 Å². The number of carbonyl (C=O) groups excluding carboxylic acids is 2. The van der Waals surface area contributed by atoms with Crippen LogP contribution in [0.3, 0.4) is 0 Å². The van der Waals surface area contributed by atoms with Crippen molar-refractivity contribution in [1.29, 1.82) is 0 Å². The molecule has 19 heavy (non-hydrogen) atoms. The molecule has 0 spiro atoms. The third kappa shape index (κ3) is 6.91. The number of nitrogens with one attached hydrogen (secondary N) is 1. The molecule has 0 unspecified atom stereocenters. The van der Waals surface area contributed by atoms with Crippen LogP contribution in [0, 0.1) is 0 Å². The second kappa shape index (κ2) is 7.24. The molecule has 0 heterocycles. The summed E-state index contributed by atoms with van der Waals surface area (Å²) >= 11 is 0. The van der Waals surface area contributed by atoms with Crippen molar-refractivity contribution in [2.75, 3.05) is 6.17 Å². The second-order valence-corrected chi connectivity index (χ2v) is 11.5. The lowest BCUT2D eigenvalue weighted by atomic mass is 10.1. The van der Waals surface area contributed by atoms with Crippen molar-refractivity contribution in [3.05, 3.63) is 35.9 Å². The molecule has 1 aromatic carbocycles. The molecule has 1 aromatic rings. The molecular formula is C15H23NO2Si. The first-order valence-corrected chi connectivity index (χ1v) is 10.4. The molecule has 0 bridgehead atoms. The van der Waals surface area contributed by atoms with Crippen LogP contribution in [0.2, 0.25) is 19.6 Å². The van der Waals surface area contributed by atoms with E-state index < -0.39 is 8.07 Å². The van der Waals surface area contributed by atoms with E-state index in [4.69, 9.17) is 0 Å². The summed E-state index contributed by atoms with van der Waals surface area (Å²) in [6.45, 7) is 6.64. The molecule has 1 amide bonds. The number of ketones is 1. The highest BCUT2D eigenvalue weighted by Gasteiger charge is 2.14. The minimum absolute atomic E-state index is 0.0586. The molecule has 3 nitrogen and oxygen atoms in total. The Kier molecular flexibility index (Phi) is 5.95. The summed E-state index contributed by atoms with van der Waals surface area (Å²) in [5, 5.41) is 2.95. The standard InChI is InChI=1S/C15H23NO2Si/c1-19(2,3)12-16-15(18)11-7-10-14(17)13-8-5-4-6-9-13/h4-6,8-9H,7,10-12H2,1-3H3,(H,16,18). The monoisotopic (exact) mass is 277 g/mol. The van der Waals surface area contributed by atoms with Gasteiger partial charge in [-0.15, -0.1) is 0 Å². The van der Waals surface area contributed by atoms with Crippen LogP contribution in [-0.2, 0) is 4.79 Å². The molecule has 1 N–H and O–H groups in total. The van der Waals surface area contributed by atoms with Crippen LogP contribution in [0.15, 0.2) is 30.3 Å². The van der Waals surface area contributed by atoms with Gasteiger partial charge >= 0.3 is 0 Å². The Labute approximate surface area is 116 Å². The number of carbonyl (C=O) groups is 2. The van der Waals surface area contributed by atoms with Crippen molar-refractivity contribution in [1.82, 2.24) is 5.32 Å². The van der Waals surface area contributed by atoms with Crippen molar-refractivity contribution < 1.29 is 9.59 Å². The predicted molar refractivity (Wildman–Crippen MR) is 81.0 cm³/mol. The Morgan fingerprint density at radius 3 is 2.26 bits per heavy atom. The SMILES string of the molecule is C[Si](C)(C)CNC(=O)CCCC(=O)c1ccccc1. The van der Waals surface area contributed by atoms with Crippen LogP contribution in [0.5, 0.6) is 0 Å². The zero-order valence-corrected chi connectivity index (χ0v) is 13.0. The van der Waals surface area contributed by atoms with E-state index in [0.29, 0.717) is 19.3 Å². The van der Waals surface area contributed by atoms with Gasteiger partial charge in [0.1, 0.15) is 0 Å². The summed E-state index contributed by atoms with van der Waals surface area (Å²) in [5.74, 6) is 0.168. The Hall–Kier alpha value is -1.42. The molecule has 0 aromatic heterocycles. The number of amides is 1. The van der Waals surface area contributed by atoms with Crippen LogP contribution in [0.4, 0.5) is 0 Å². The van der Waals surface area contributed by atoms with Gasteiger partial charge in [0.2, 0.25) is 5.91 Å². The van der Waals surface area contributed by atoms with Gasteiger partial charge in [0.25, 0.3) is 0 Å². The van der Waals surface area contributed by atoms with Crippen LogP contribution >= 0.6 is 0 Å². The first-order valence-electron chi connectivity index (χ1n) is 6.73. The number of hydrogen-bond acceptors (Lipinski definition) is 2. The summed E-state index contributed by atoms with van der Waals surface area (Å²) in [6, 6.07) is 9.23. The van der Waals surface area contributed by atoms with E-state index >= 15 is 0 Å². The molecule has 0 atom stereocenters. The summed E-state index contributed by atoms with van der Waals surface area (Å²) in [7, 11) is -1.23. The van der Waals surface area contributed by atoms with Gasteiger partial charge in [0, 0.05) is 24.6 Å². The fraction of sp³-hybridized carbons (Fsp3) is 0.467. The minimum Gasteiger partial charge on any atom is -0.359 e. The Morgan fingerprint density at radius 2 is 1.68 bits per heavy atom. The van der Waals surface area contributed by atoms with Crippen LogP contribution in [0.1, 0.15) is 29.6 Å². The second-order valence-electron chi connectivity index (χ2n) is 5.98. The quantitative estimate of drug-likeness (QED) is 0.615. The largest absolute Gasteiger partial charge is 0.359 e. The van der Waals surface area contributed by atoms with Crippen molar-refractivity contribution in [3.8, 4) is 0 Å². The number of rotatable bonds is 7. The van der Waals surface area contributed by atoms with E-state index in [1.165, 1.54) is 0 Å². The van der Waals surface area contributed by atoms with Gasteiger partial charge in [0.05, 0.1) is 8.07 Å². The molecule has 0 aliphatic carbocycles. The number of Topliss-reactive ketones (excluding diaryl/α,β-unsaturated/α-hetero) is 1. The van der Waals surface area contributed by atoms with Crippen LogP contribution in [-0.4, -0.2) is 25.9 Å². The van der Waals surface area contributed by atoms with E-state index in [-0.39, 0.29) is 11.7 Å². The van der Waals surface area contributed by atoms with Gasteiger partial charge in [-0.25, -0.2) is 0 Å². The molecular weight excluding hydrogens is 254 g/mol. The zero-order valence-electron chi connectivity index (χ0n) is 12.0. The molecule has 1 rings (SSSR count). The molecule has 4 heteroatoms. The molecule has 0 aliphatic rings. The fourth-order valence-electron chi connectivity index (χ4n) is 1.63. The smallest absolute Gasteiger partial charge is 0.219 e. The van der Waals surface area contributed by atoms with Crippen LogP contribution in [0.25, 0.3) is 0 Å². The average molecular weight is 277 g/mol. The third-order valence-corrected chi connectivity index (χ3v) is 3.96. The first kappa shape index (κ1) is 15.6. The summed E-state index contributed by atoms with van der Waals surface area (Å²) in [4.78, 5) is 23.4. The fourth-order valence-corrected chi connectivity index (χ4v) is 2.36. The summed E-state index contributed by atoms with van der Waals surface area (Å²) < 4.78 is 0. The van der Waals surface area contributed by atoms with Gasteiger partial charge in [-0.1, -0.05) is 50.0 Å². The van der Waals surface area contributed by atoms with E-state index in [9.17, 15) is 9.59 Å². The number of benzene rings is 1. The Balaban J connectivity index is 2.24. The highest BCUT2D eigenvalue weighted by molar-refractivity contribution is 6.76. The van der Waals surface area contributed by atoms with Crippen molar-refractivity contribution in [3.63, 3.8) is 0 Å². The normalized spacial score (nSPS) is 11.1. The van der Waals surface area contributed by atoms with Crippen molar-refractivity contribution in [2.45, 2.75) is 38.9 Å². The van der Waals surface area contributed by atoms with Crippen molar-refractivity contribution >= 4 is 19.8 Å². The lowest BCUT2D eigenvalue weighted by molar-refractivity contribution is -0.120. The van der Waals surface area contributed by atoms with E-state index in [2.05, 4.69) is 25.0 Å². The highest BCUT2D eigenvalue weighted by atomic mass is 28.3. The molecule has 104 valence electrons. The van der Waals surface area contributed by atoms with E-state index in [1.807, 2.05) is 30.3 Å². The molecule has 0 fully saturated rings. The molecule has 0 radical (unpaired) electrons. The molecule has 0 aliphatic heterocycles. The van der Waals surface area contributed by atoms with Crippen LogP contribution < -0.4 is 5.32 Å². The zero-order chi connectivity index (χ0) is 14.3. The Bertz CT molecular complexity index is 424. The third-order valence-electron chi connectivity index (χ3n) is 2.72. The molecule has 0 saturated heterocycles. The van der Waals surface area contributed by atoms with E-state index in [1.54, 1.807) is 0 Å². The lowest BCUT2D eigenvalue weighted by Gasteiger charge is -2.16. The van der Waals surface area contributed by atoms with Gasteiger partial charge in [-0.05, 0) is 6.42 Å².